The van der Waals surface area contributed by atoms with Crippen molar-refractivity contribution in [3.05, 3.63) is 35.1 Å². The third-order valence-corrected chi connectivity index (χ3v) is 2.94. The number of hydrogen-bond donors (Lipinski definition) is 2. The molecule has 0 aliphatic rings. The zero-order valence-electron chi connectivity index (χ0n) is 9.91. The Morgan fingerprint density at radius 2 is 2.12 bits per heavy atom. The molecule has 0 aromatic heterocycles. The van der Waals surface area contributed by atoms with E-state index in [9.17, 15) is 9.50 Å². The van der Waals surface area contributed by atoms with Crippen molar-refractivity contribution in [1.82, 2.24) is 0 Å². The summed E-state index contributed by atoms with van der Waals surface area (Å²) in [6, 6.07) is 4.31. The smallest absolute Gasteiger partial charge is 0.126 e. The number of unbranched alkanes of at least 4 members (excludes halogenated alkanes) is 1. The molecule has 0 bridgehead atoms. The van der Waals surface area contributed by atoms with Gasteiger partial charge >= 0.3 is 0 Å². The summed E-state index contributed by atoms with van der Waals surface area (Å²) < 4.78 is 13.3. The summed E-state index contributed by atoms with van der Waals surface area (Å²) in [5.74, 6) is -0.268. The number of nitrogens with two attached hydrogens (primary N) is 1. The Bertz CT molecular complexity index is 341. The fraction of sp³-hybridized carbons (Fsp3) is 0.538. The topological polar surface area (TPSA) is 46.2 Å². The molecule has 2 nitrogen and oxygen atoms in total. The van der Waals surface area contributed by atoms with E-state index in [-0.39, 0.29) is 5.82 Å². The minimum atomic E-state index is -0.597. The van der Waals surface area contributed by atoms with Gasteiger partial charge < -0.3 is 10.8 Å². The van der Waals surface area contributed by atoms with Crippen molar-refractivity contribution in [3.8, 4) is 0 Å². The van der Waals surface area contributed by atoms with E-state index < -0.39 is 12.1 Å². The van der Waals surface area contributed by atoms with Gasteiger partial charge in [-0.15, -0.1) is 0 Å². The average Bonchev–Trinajstić information content (AvgIpc) is 2.28. The van der Waals surface area contributed by atoms with Gasteiger partial charge in [-0.3, -0.25) is 0 Å². The molecule has 0 unspecified atom stereocenters. The fourth-order valence-corrected chi connectivity index (χ4v) is 1.79. The highest BCUT2D eigenvalue weighted by Crippen LogP contribution is 2.22. The van der Waals surface area contributed by atoms with Gasteiger partial charge in [0.1, 0.15) is 5.82 Å². The Morgan fingerprint density at radius 1 is 1.44 bits per heavy atom. The summed E-state index contributed by atoms with van der Waals surface area (Å²) in [5, 5.41) is 9.87. The molecular weight excluding hydrogens is 205 g/mol. The number of rotatable bonds is 5. The zero-order chi connectivity index (χ0) is 12.1. The van der Waals surface area contributed by atoms with Crippen molar-refractivity contribution in [3.63, 3.8) is 0 Å². The van der Waals surface area contributed by atoms with Gasteiger partial charge in [0.05, 0.1) is 12.1 Å². The van der Waals surface area contributed by atoms with Crippen LogP contribution in [0.3, 0.4) is 0 Å². The maximum absolute atomic E-state index is 13.3. The Hall–Kier alpha value is -0.930. The van der Waals surface area contributed by atoms with Crippen LogP contribution < -0.4 is 5.73 Å². The second-order valence-corrected chi connectivity index (χ2v) is 4.19. The molecule has 0 fully saturated rings. The van der Waals surface area contributed by atoms with E-state index in [1.165, 1.54) is 6.07 Å². The maximum atomic E-state index is 13.3. The van der Waals surface area contributed by atoms with Gasteiger partial charge in [0.2, 0.25) is 0 Å². The third kappa shape index (κ3) is 3.03. The van der Waals surface area contributed by atoms with Crippen LogP contribution in [0.2, 0.25) is 0 Å². The second kappa shape index (κ2) is 5.97. The predicted molar refractivity (Wildman–Crippen MR) is 63.6 cm³/mol. The van der Waals surface area contributed by atoms with E-state index >= 15 is 0 Å². The monoisotopic (exact) mass is 225 g/mol. The zero-order valence-corrected chi connectivity index (χ0v) is 9.91. The maximum Gasteiger partial charge on any atom is 0.126 e. The first-order valence-corrected chi connectivity index (χ1v) is 5.76. The van der Waals surface area contributed by atoms with Crippen molar-refractivity contribution < 1.29 is 9.50 Å². The first-order valence-electron chi connectivity index (χ1n) is 5.76. The fourth-order valence-electron chi connectivity index (χ4n) is 1.79. The molecule has 0 aliphatic carbocycles. The standard InChI is InChI=1S/C13H20FNO/c1-3-4-8-12(16)13(15)10-6-5-7-11(14)9(10)2/h5-7,12-13,16H,3-4,8,15H2,1-2H3/t12-,13+/m1/s1. The minimum absolute atomic E-state index is 0.268. The lowest BCUT2D eigenvalue weighted by Gasteiger charge is -2.20. The summed E-state index contributed by atoms with van der Waals surface area (Å²) in [5.41, 5.74) is 7.16. The van der Waals surface area contributed by atoms with Gasteiger partial charge in [0.25, 0.3) is 0 Å². The van der Waals surface area contributed by atoms with Crippen LogP contribution in [0.5, 0.6) is 0 Å². The van der Waals surface area contributed by atoms with Crippen LogP contribution in [0.25, 0.3) is 0 Å². The van der Waals surface area contributed by atoms with Crippen LogP contribution >= 0.6 is 0 Å². The van der Waals surface area contributed by atoms with Crippen molar-refractivity contribution >= 4 is 0 Å². The summed E-state index contributed by atoms with van der Waals surface area (Å²) in [7, 11) is 0. The molecule has 90 valence electrons. The van der Waals surface area contributed by atoms with Gasteiger partial charge in [-0.2, -0.15) is 0 Å². The number of benzene rings is 1. The average molecular weight is 225 g/mol. The van der Waals surface area contributed by atoms with Crippen LogP contribution in [0.15, 0.2) is 18.2 Å². The molecule has 0 spiro atoms. The first kappa shape index (κ1) is 13.1. The predicted octanol–water partition coefficient (Wildman–Crippen LogP) is 2.69. The first-order chi connectivity index (χ1) is 7.57. The van der Waals surface area contributed by atoms with E-state index in [1.54, 1.807) is 19.1 Å². The van der Waals surface area contributed by atoms with Crippen molar-refractivity contribution in [2.75, 3.05) is 0 Å². The van der Waals surface area contributed by atoms with E-state index in [2.05, 4.69) is 6.92 Å². The highest BCUT2D eigenvalue weighted by molar-refractivity contribution is 5.30. The van der Waals surface area contributed by atoms with Gasteiger partial charge in [0, 0.05) is 0 Å². The molecule has 1 rings (SSSR count). The number of halogens is 1. The van der Waals surface area contributed by atoms with Gasteiger partial charge in [-0.1, -0.05) is 31.9 Å². The molecule has 0 heterocycles. The van der Waals surface area contributed by atoms with Crippen molar-refractivity contribution in [2.45, 2.75) is 45.3 Å². The van der Waals surface area contributed by atoms with E-state index in [0.717, 1.165) is 12.8 Å². The molecule has 0 radical (unpaired) electrons. The molecular formula is C13H20FNO. The normalized spacial score (nSPS) is 14.8. The molecule has 0 saturated carbocycles. The number of aliphatic hydroxyl groups is 1. The third-order valence-electron chi connectivity index (χ3n) is 2.94. The largest absolute Gasteiger partial charge is 0.391 e. The second-order valence-electron chi connectivity index (χ2n) is 4.19. The molecule has 0 amide bonds. The van der Waals surface area contributed by atoms with Gasteiger partial charge in [-0.05, 0) is 30.5 Å². The molecule has 16 heavy (non-hydrogen) atoms. The molecule has 1 aromatic carbocycles. The van der Waals surface area contributed by atoms with Crippen LogP contribution in [-0.2, 0) is 0 Å². The Morgan fingerprint density at radius 3 is 2.75 bits per heavy atom. The summed E-state index contributed by atoms with van der Waals surface area (Å²) in [6.07, 6.45) is 2.02. The Kier molecular flexibility index (Phi) is 4.90. The molecule has 0 saturated heterocycles. The summed E-state index contributed by atoms with van der Waals surface area (Å²) in [4.78, 5) is 0. The summed E-state index contributed by atoms with van der Waals surface area (Å²) in [6.45, 7) is 3.75. The van der Waals surface area contributed by atoms with Crippen LogP contribution in [0.1, 0.15) is 43.4 Å². The van der Waals surface area contributed by atoms with Crippen molar-refractivity contribution in [2.24, 2.45) is 5.73 Å². The minimum Gasteiger partial charge on any atom is -0.391 e. The molecule has 2 atom stereocenters. The summed E-state index contributed by atoms with van der Waals surface area (Å²) >= 11 is 0. The van der Waals surface area contributed by atoms with E-state index in [1.807, 2.05) is 0 Å². The number of hydrogen-bond acceptors (Lipinski definition) is 2. The van der Waals surface area contributed by atoms with E-state index in [4.69, 9.17) is 5.73 Å². The van der Waals surface area contributed by atoms with Gasteiger partial charge in [0.15, 0.2) is 0 Å². The lowest BCUT2D eigenvalue weighted by molar-refractivity contribution is 0.132. The SMILES string of the molecule is CCCC[C@@H](O)[C@@H](N)c1cccc(F)c1C. The number of aliphatic hydroxyl groups excluding tert-OH is 1. The molecule has 0 aliphatic heterocycles. The van der Waals surface area contributed by atoms with Crippen LogP contribution in [0.4, 0.5) is 4.39 Å². The van der Waals surface area contributed by atoms with Crippen LogP contribution in [-0.4, -0.2) is 11.2 Å². The highest BCUT2D eigenvalue weighted by atomic mass is 19.1. The van der Waals surface area contributed by atoms with E-state index in [0.29, 0.717) is 17.5 Å². The molecule has 3 heteroatoms. The lowest BCUT2D eigenvalue weighted by atomic mass is 9.95. The highest BCUT2D eigenvalue weighted by Gasteiger charge is 2.19. The van der Waals surface area contributed by atoms with Crippen LogP contribution in [0, 0.1) is 12.7 Å². The van der Waals surface area contributed by atoms with Gasteiger partial charge in [-0.25, -0.2) is 4.39 Å². The molecule has 1 aromatic rings. The quantitative estimate of drug-likeness (QED) is 0.809. The Balaban J connectivity index is 2.79. The lowest BCUT2D eigenvalue weighted by Crippen LogP contribution is -2.27. The van der Waals surface area contributed by atoms with Crippen molar-refractivity contribution in [1.29, 1.82) is 0 Å². The molecule has 3 N–H and O–H groups in total. The Labute approximate surface area is 96.3 Å².